The van der Waals surface area contributed by atoms with Crippen LogP contribution < -0.4 is 10.2 Å². The normalized spacial score (nSPS) is 14.9. The van der Waals surface area contributed by atoms with Gasteiger partial charge in [-0.15, -0.1) is 0 Å². The molecule has 4 rings (SSSR count). The minimum Gasteiger partial charge on any atom is -0.477 e. The van der Waals surface area contributed by atoms with Crippen molar-refractivity contribution >= 4 is 34.2 Å². The number of piperidine rings is 1. The highest BCUT2D eigenvalue weighted by Crippen LogP contribution is 2.31. The van der Waals surface area contributed by atoms with E-state index in [0.717, 1.165) is 22.6 Å². The van der Waals surface area contributed by atoms with Gasteiger partial charge < -0.3 is 19.6 Å². The summed E-state index contributed by atoms with van der Waals surface area (Å²) in [5.41, 5.74) is 2.59. The number of thiazole rings is 1. The number of carbonyl (C=O) groups is 1. The number of rotatable bonds is 5. The molecular weight excluding hydrogens is 408 g/mol. The SMILES string of the molecule is Cc1nc(Nc2nc(-c3c(C)noc3C)cc(N3CCC(O)CC3)n2)sc1C(=O)O. The van der Waals surface area contributed by atoms with Crippen LogP contribution in [0.2, 0.25) is 0 Å². The Morgan fingerprint density at radius 2 is 1.93 bits per heavy atom. The molecule has 0 bridgehead atoms. The van der Waals surface area contributed by atoms with Crippen LogP contribution >= 0.6 is 11.3 Å². The Labute approximate surface area is 176 Å². The third kappa shape index (κ3) is 3.98. The first kappa shape index (κ1) is 20.2. The van der Waals surface area contributed by atoms with Gasteiger partial charge in [0.2, 0.25) is 5.95 Å². The van der Waals surface area contributed by atoms with Gasteiger partial charge in [0.05, 0.1) is 28.7 Å². The highest BCUT2D eigenvalue weighted by Gasteiger charge is 2.22. The Kier molecular flexibility index (Phi) is 5.39. The van der Waals surface area contributed by atoms with Crippen LogP contribution in [0.1, 0.15) is 39.7 Å². The van der Waals surface area contributed by atoms with E-state index in [0.29, 0.717) is 60.0 Å². The van der Waals surface area contributed by atoms with Crippen LogP contribution in [0.4, 0.5) is 16.9 Å². The van der Waals surface area contributed by atoms with Crippen molar-refractivity contribution in [3.63, 3.8) is 0 Å². The quantitative estimate of drug-likeness (QED) is 0.554. The molecule has 0 saturated carbocycles. The van der Waals surface area contributed by atoms with Crippen molar-refractivity contribution in [3.05, 3.63) is 28.1 Å². The molecule has 0 atom stereocenters. The maximum Gasteiger partial charge on any atom is 0.347 e. The zero-order valence-corrected chi connectivity index (χ0v) is 17.7. The third-order valence-corrected chi connectivity index (χ3v) is 6.06. The zero-order chi connectivity index (χ0) is 21.4. The number of carboxylic acids is 1. The maximum atomic E-state index is 11.3. The summed E-state index contributed by atoms with van der Waals surface area (Å²) in [5.74, 6) is 0.645. The molecule has 0 amide bonds. The van der Waals surface area contributed by atoms with Gasteiger partial charge in [0.15, 0.2) is 5.13 Å². The summed E-state index contributed by atoms with van der Waals surface area (Å²) in [6.07, 6.45) is 1.04. The van der Waals surface area contributed by atoms with E-state index < -0.39 is 5.97 Å². The average Bonchev–Trinajstić information content (AvgIpc) is 3.23. The van der Waals surface area contributed by atoms with Crippen molar-refractivity contribution in [3.8, 4) is 11.3 Å². The first-order chi connectivity index (χ1) is 14.3. The molecule has 3 aromatic heterocycles. The molecule has 30 heavy (non-hydrogen) atoms. The fraction of sp³-hybridized carbons (Fsp3) is 0.421. The topological polar surface area (TPSA) is 138 Å². The van der Waals surface area contributed by atoms with E-state index in [9.17, 15) is 15.0 Å². The Hall–Kier alpha value is -3.05. The van der Waals surface area contributed by atoms with Gasteiger partial charge in [0, 0.05) is 19.2 Å². The first-order valence-electron chi connectivity index (χ1n) is 9.55. The molecule has 3 N–H and O–H groups in total. The molecule has 10 nitrogen and oxygen atoms in total. The molecule has 4 heterocycles. The van der Waals surface area contributed by atoms with Crippen LogP contribution in [-0.4, -0.2) is 55.5 Å². The van der Waals surface area contributed by atoms with E-state index in [1.807, 2.05) is 19.9 Å². The number of nitrogens with one attached hydrogen (secondary N) is 1. The number of aliphatic hydroxyl groups excluding tert-OH is 1. The van der Waals surface area contributed by atoms with E-state index in [-0.39, 0.29) is 11.0 Å². The van der Waals surface area contributed by atoms with Gasteiger partial charge in [0.1, 0.15) is 16.5 Å². The number of aliphatic hydroxyl groups is 1. The highest BCUT2D eigenvalue weighted by atomic mass is 32.1. The van der Waals surface area contributed by atoms with Gasteiger partial charge in [-0.3, -0.25) is 5.32 Å². The Bertz CT molecular complexity index is 1070. The average molecular weight is 430 g/mol. The van der Waals surface area contributed by atoms with Gasteiger partial charge in [0.25, 0.3) is 0 Å². The van der Waals surface area contributed by atoms with Crippen LogP contribution in [0, 0.1) is 20.8 Å². The van der Waals surface area contributed by atoms with Crippen molar-refractivity contribution in [2.45, 2.75) is 39.7 Å². The van der Waals surface area contributed by atoms with E-state index in [4.69, 9.17) is 4.52 Å². The van der Waals surface area contributed by atoms with Gasteiger partial charge in [-0.2, -0.15) is 4.98 Å². The number of carboxylic acid groups (broad SMARTS) is 1. The van der Waals surface area contributed by atoms with Gasteiger partial charge >= 0.3 is 5.97 Å². The number of aromatic carboxylic acids is 1. The number of nitrogens with zero attached hydrogens (tertiary/aromatic N) is 5. The van der Waals surface area contributed by atoms with Gasteiger partial charge in [-0.25, -0.2) is 14.8 Å². The summed E-state index contributed by atoms with van der Waals surface area (Å²) < 4.78 is 5.30. The Morgan fingerprint density at radius 1 is 1.20 bits per heavy atom. The van der Waals surface area contributed by atoms with E-state index in [1.165, 1.54) is 0 Å². The molecule has 0 unspecified atom stereocenters. The summed E-state index contributed by atoms with van der Waals surface area (Å²) >= 11 is 1.03. The lowest BCUT2D eigenvalue weighted by Gasteiger charge is -2.30. The predicted octanol–water partition coefficient (Wildman–Crippen LogP) is 2.92. The molecule has 0 aliphatic carbocycles. The fourth-order valence-corrected chi connectivity index (χ4v) is 4.27. The molecule has 1 aliphatic heterocycles. The van der Waals surface area contributed by atoms with E-state index in [2.05, 4.69) is 30.3 Å². The monoisotopic (exact) mass is 430 g/mol. The number of hydrogen-bond acceptors (Lipinski definition) is 10. The highest BCUT2D eigenvalue weighted by molar-refractivity contribution is 7.17. The Balaban J connectivity index is 1.73. The molecular formula is C19H22N6O4S. The zero-order valence-electron chi connectivity index (χ0n) is 16.8. The molecule has 1 aliphatic rings. The van der Waals surface area contributed by atoms with Crippen molar-refractivity contribution < 1.29 is 19.5 Å². The molecule has 0 spiro atoms. The van der Waals surface area contributed by atoms with Crippen LogP contribution in [-0.2, 0) is 0 Å². The molecule has 0 aromatic carbocycles. The lowest BCUT2D eigenvalue weighted by molar-refractivity contribution is 0.0701. The van der Waals surface area contributed by atoms with Crippen molar-refractivity contribution in [2.24, 2.45) is 0 Å². The minimum atomic E-state index is -1.02. The summed E-state index contributed by atoms with van der Waals surface area (Å²) in [5, 5.41) is 26.6. The summed E-state index contributed by atoms with van der Waals surface area (Å²) in [6.45, 7) is 6.68. The second-order valence-electron chi connectivity index (χ2n) is 7.22. The van der Waals surface area contributed by atoms with Crippen LogP contribution in [0.5, 0.6) is 0 Å². The second-order valence-corrected chi connectivity index (χ2v) is 8.22. The summed E-state index contributed by atoms with van der Waals surface area (Å²) in [4.78, 5) is 27.1. The number of aryl methyl sites for hydroxylation is 3. The molecule has 11 heteroatoms. The molecule has 1 saturated heterocycles. The summed E-state index contributed by atoms with van der Waals surface area (Å²) in [6, 6.07) is 1.88. The van der Waals surface area contributed by atoms with Crippen molar-refractivity contribution in [2.75, 3.05) is 23.3 Å². The minimum absolute atomic E-state index is 0.171. The van der Waals surface area contributed by atoms with E-state index in [1.54, 1.807) is 6.92 Å². The third-order valence-electron chi connectivity index (χ3n) is 5.00. The lowest BCUT2D eigenvalue weighted by Crippen LogP contribution is -2.36. The van der Waals surface area contributed by atoms with Crippen LogP contribution in [0.3, 0.4) is 0 Å². The molecule has 158 valence electrons. The molecule has 0 radical (unpaired) electrons. The lowest BCUT2D eigenvalue weighted by atomic mass is 10.1. The number of anilines is 3. The predicted molar refractivity (Wildman–Crippen MR) is 112 cm³/mol. The number of aromatic nitrogens is 4. The molecule has 3 aromatic rings. The van der Waals surface area contributed by atoms with Gasteiger partial charge in [-0.1, -0.05) is 16.5 Å². The van der Waals surface area contributed by atoms with E-state index >= 15 is 0 Å². The molecule has 1 fully saturated rings. The van der Waals surface area contributed by atoms with Crippen molar-refractivity contribution in [1.82, 2.24) is 20.1 Å². The smallest absolute Gasteiger partial charge is 0.347 e. The van der Waals surface area contributed by atoms with Gasteiger partial charge in [-0.05, 0) is 33.6 Å². The maximum absolute atomic E-state index is 11.3. The summed E-state index contributed by atoms with van der Waals surface area (Å²) in [7, 11) is 0. The Morgan fingerprint density at radius 3 is 2.53 bits per heavy atom. The fourth-order valence-electron chi connectivity index (χ4n) is 3.47. The largest absolute Gasteiger partial charge is 0.477 e. The van der Waals surface area contributed by atoms with Crippen molar-refractivity contribution in [1.29, 1.82) is 0 Å². The first-order valence-corrected chi connectivity index (χ1v) is 10.4. The van der Waals surface area contributed by atoms with Crippen LogP contribution in [0.25, 0.3) is 11.3 Å². The van der Waals surface area contributed by atoms with Crippen LogP contribution in [0.15, 0.2) is 10.6 Å². The number of hydrogen-bond donors (Lipinski definition) is 3. The standard InChI is InChI=1S/C19H22N6O4S/c1-9-15(11(3)29-24-9)13-8-14(25-6-4-12(26)5-7-25)22-18(21-13)23-19-20-10(2)16(30-19)17(27)28/h8,12,26H,4-7H2,1-3H3,(H,27,28)(H,20,21,22,23). The second kappa shape index (κ2) is 8.00.